The molecule has 6 nitrogen and oxygen atoms in total. The average Bonchev–Trinajstić information content (AvgIpc) is 2.46. The minimum Gasteiger partial charge on any atom is -0.504 e. The van der Waals surface area contributed by atoms with Crippen LogP contribution in [-0.2, 0) is 0 Å². The fourth-order valence-corrected chi connectivity index (χ4v) is 1.97. The van der Waals surface area contributed by atoms with Gasteiger partial charge in [0, 0.05) is 12.1 Å². The summed E-state index contributed by atoms with van der Waals surface area (Å²) in [5.74, 6) is 1.02. The van der Waals surface area contributed by atoms with Gasteiger partial charge in [0.2, 0.25) is 0 Å². The van der Waals surface area contributed by atoms with Crippen LogP contribution in [0.2, 0.25) is 0 Å². The number of aliphatic hydroxyl groups is 1. The second-order valence-electron chi connectivity index (χ2n) is 4.85. The smallest absolute Gasteiger partial charge is 0.167 e. The molecule has 0 unspecified atom stereocenters. The number of rotatable bonds is 5. The van der Waals surface area contributed by atoms with Gasteiger partial charge in [-0.25, -0.2) is 0 Å². The maximum atomic E-state index is 10.2. The van der Waals surface area contributed by atoms with Crippen LogP contribution in [0.4, 0.5) is 5.82 Å². The monoisotopic (exact) mass is 289 g/mol. The molecule has 0 aliphatic carbocycles. The number of phenols is 1. The summed E-state index contributed by atoms with van der Waals surface area (Å²) in [6, 6.07) is 7.05. The minimum atomic E-state index is -0.464. The third kappa shape index (κ3) is 3.41. The van der Waals surface area contributed by atoms with Crippen LogP contribution in [0.3, 0.4) is 0 Å². The van der Waals surface area contributed by atoms with E-state index >= 15 is 0 Å². The number of phenolic OH excluding ortho intramolecular Hbond substituents is 1. The van der Waals surface area contributed by atoms with Crippen molar-refractivity contribution < 1.29 is 14.9 Å². The Morgan fingerprint density at radius 1 is 1.33 bits per heavy atom. The van der Waals surface area contributed by atoms with Crippen molar-refractivity contribution in [2.75, 3.05) is 19.0 Å². The molecule has 2 aromatic rings. The molecule has 0 amide bonds. The molecule has 1 aromatic heterocycles. The molecule has 3 N–H and O–H groups in total. The van der Waals surface area contributed by atoms with E-state index in [9.17, 15) is 10.2 Å². The van der Waals surface area contributed by atoms with Crippen molar-refractivity contribution in [3.63, 3.8) is 0 Å². The molecular weight excluding hydrogens is 270 g/mol. The van der Waals surface area contributed by atoms with Gasteiger partial charge in [-0.3, -0.25) is 0 Å². The number of aromatic nitrogens is 2. The molecule has 0 spiro atoms. The van der Waals surface area contributed by atoms with Crippen LogP contribution < -0.4 is 10.1 Å². The van der Waals surface area contributed by atoms with Crippen LogP contribution >= 0.6 is 0 Å². The fraction of sp³-hybridized carbons (Fsp3) is 0.333. The van der Waals surface area contributed by atoms with Crippen molar-refractivity contribution in [2.45, 2.75) is 20.0 Å². The maximum absolute atomic E-state index is 10.2. The number of nitrogens with zero attached hydrogens (tertiary/aromatic N) is 2. The number of nitrogens with one attached hydrogen (secondary N) is 1. The summed E-state index contributed by atoms with van der Waals surface area (Å²) in [6.45, 7) is 3.98. The van der Waals surface area contributed by atoms with E-state index in [1.54, 1.807) is 25.1 Å². The highest BCUT2D eigenvalue weighted by molar-refractivity contribution is 5.73. The summed E-state index contributed by atoms with van der Waals surface area (Å²) < 4.78 is 5.10. The van der Waals surface area contributed by atoms with E-state index in [0.29, 0.717) is 29.4 Å². The fourth-order valence-electron chi connectivity index (χ4n) is 1.97. The Hall–Kier alpha value is -2.34. The zero-order chi connectivity index (χ0) is 15.4. The second-order valence-corrected chi connectivity index (χ2v) is 4.85. The number of aryl methyl sites for hydroxylation is 1. The van der Waals surface area contributed by atoms with Gasteiger partial charge >= 0.3 is 0 Å². The van der Waals surface area contributed by atoms with Crippen molar-refractivity contribution in [3.05, 3.63) is 29.8 Å². The molecule has 2 rings (SSSR count). The van der Waals surface area contributed by atoms with Gasteiger partial charge in [0.15, 0.2) is 11.5 Å². The molecule has 0 aliphatic rings. The maximum Gasteiger partial charge on any atom is 0.167 e. The summed E-state index contributed by atoms with van der Waals surface area (Å²) >= 11 is 0. The van der Waals surface area contributed by atoms with Crippen LogP contribution in [0.5, 0.6) is 11.5 Å². The summed E-state index contributed by atoms with van der Waals surface area (Å²) in [4.78, 5) is 0. The molecule has 0 aliphatic heterocycles. The number of hydrogen-bond donors (Lipinski definition) is 3. The lowest BCUT2D eigenvalue weighted by Crippen LogP contribution is -2.16. The molecule has 1 heterocycles. The molecule has 0 radical (unpaired) electrons. The molecule has 0 bridgehead atoms. The second kappa shape index (κ2) is 6.41. The Balaban J connectivity index is 2.33. The van der Waals surface area contributed by atoms with E-state index in [2.05, 4.69) is 15.5 Å². The Morgan fingerprint density at radius 3 is 2.71 bits per heavy atom. The standard InChI is InChI=1S/C15H19N3O3/c1-9-7-13(16-8-10(2)19)17-18-14(9)11-5-4-6-12(21-3)15(11)20/h4-7,10,19-20H,8H2,1-3H3,(H,16,17)/t10-/m1/s1. The van der Waals surface area contributed by atoms with Crippen molar-refractivity contribution in [2.24, 2.45) is 0 Å². The lowest BCUT2D eigenvalue weighted by Gasteiger charge is -2.12. The highest BCUT2D eigenvalue weighted by Gasteiger charge is 2.14. The predicted octanol–water partition coefficient (Wildman–Crippen LogP) is 1.96. The Kier molecular flexibility index (Phi) is 4.59. The van der Waals surface area contributed by atoms with E-state index in [1.807, 2.05) is 13.0 Å². The number of para-hydroxylation sites is 1. The van der Waals surface area contributed by atoms with Gasteiger partial charge in [-0.2, -0.15) is 0 Å². The quantitative estimate of drug-likeness (QED) is 0.780. The van der Waals surface area contributed by atoms with Gasteiger partial charge in [0.05, 0.1) is 18.9 Å². The summed E-state index contributed by atoms with van der Waals surface area (Å²) in [5, 5.41) is 30.6. The first-order valence-corrected chi connectivity index (χ1v) is 6.65. The molecule has 6 heteroatoms. The molecule has 21 heavy (non-hydrogen) atoms. The largest absolute Gasteiger partial charge is 0.504 e. The predicted molar refractivity (Wildman–Crippen MR) is 80.6 cm³/mol. The number of hydrogen-bond acceptors (Lipinski definition) is 6. The molecule has 112 valence electrons. The zero-order valence-electron chi connectivity index (χ0n) is 12.3. The molecule has 0 fully saturated rings. The van der Waals surface area contributed by atoms with Gasteiger partial charge in [-0.1, -0.05) is 6.07 Å². The first-order valence-electron chi connectivity index (χ1n) is 6.65. The van der Waals surface area contributed by atoms with E-state index in [-0.39, 0.29) is 5.75 Å². The Morgan fingerprint density at radius 2 is 2.10 bits per heavy atom. The third-order valence-corrected chi connectivity index (χ3v) is 3.04. The van der Waals surface area contributed by atoms with Gasteiger partial charge in [-0.05, 0) is 37.6 Å². The first-order chi connectivity index (χ1) is 10.0. The zero-order valence-corrected chi connectivity index (χ0v) is 12.3. The van der Waals surface area contributed by atoms with Crippen LogP contribution in [0, 0.1) is 6.92 Å². The minimum absolute atomic E-state index is 0.0436. The van der Waals surface area contributed by atoms with Gasteiger partial charge in [-0.15, -0.1) is 10.2 Å². The lowest BCUT2D eigenvalue weighted by atomic mass is 10.1. The Labute approximate surface area is 123 Å². The number of aliphatic hydroxyl groups excluding tert-OH is 1. The number of methoxy groups -OCH3 is 1. The normalized spacial score (nSPS) is 12.0. The number of aromatic hydroxyl groups is 1. The van der Waals surface area contributed by atoms with Crippen molar-refractivity contribution in [1.29, 1.82) is 0 Å². The molecule has 1 aromatic carbocycles. The highest BCUT2D eigenvalue weighted by Crippen LogP contribution is 2.37. The number of anilines is 1. The van der Waals surface area contributed by atoms with Crippen molar-refractivity contribution in [1.82, 2.24) is 10.2 Å². The highest BCUT2D eigenvalue weighted by atomic mass is 16.5. The van der Waals surface area contributed by atoms with Crippen molar-refractivity contribution >= 4 is 5.82 Å². The topological polar surface area (TPSA) is 87.5 Å². The van der Waals surface area contributed by atoms with Gasteiger partial charge in [0.25, 0.3) is 0 Å². The van der Waals surface area contributed by atoms with E-state index < -0.39 is 6.10 Å². The third-order valence-electron chi connectivity index (χ3n) is 3.04. The van der Waals surface area contributed by atoms with Crippen LogP contribution in [0.25, 0.3) is 11.3 Å². The van der Waals surface area contributed by atoms with Gasteiger partial charge in [0.1, 0.15) is 5.82 Å². The SMILES string of the molecule is COc1cccc(-c2nnc(NC[C@@H](C)O)cc2C)c1O. The Bertz CT molecular complexity index is 630. The van der Waals surface area contributed by atoms with Crippen LogP contribution in [0.15, 0.2) is 24.3 Å². The average molecular weight is 289 g/mol. The van der Waals surface area contributed by atoms with Crippen molar-refractivity contribution in [3.8, 4) is 22.8 Å². The van der Waals surface area contributed by atoms with Crippen LogP contribution in [0.1, 0.15) is 12.5 Å². The summed E-state index contributed by atoms with van der Waals surface area (Å²) in [7, 11) is 1.50. The molecule has 0 saturated carbocycles. The van der Waals surface area contributed by atoms with E-state index in [4.69, 9.17) is 4.74 Å². The summed E-state index contributed by atoms with van der Waals surface area (Å²) in [6.07, 6.45) is -0.464. The lowest BCUT2D eigenvalue weighted by molar-refractivity contribution is 0.208. The first kappa shape index (κ1) is 15.1. The molecular formula is C15H19N3O3. The van der Waals surface area contributed by atoms with E-state index in [1.165, 1.54) is 7.11 Å². The van der Waals surface area contributed by atoms with Crippen LogP contribution in [-0.4, -0.2) is 40.2 Å². The molecule has 0 saturated heterocycles. The van der Waals surface area contributed by atoms with E-state index in [0.717, 1.165) is 5.56 Å². The number of benzene rings is 1. The van der Waals surface area contributed by atoms with Gasteiger partial charge < -0.3 is 20.3 Å². The summed E-state index contributed by atoms with van der Waals surface area (Å²) in [5.41, 5.74) is 2.03. The molecule has 1 atom stereocenters. The number of ether oxygens (including phenoxy) is 1.